The summed E-state index contributed by atoms with van der Waals surface area (Å²) < 4.78 is 17.6. The van der Waals surface area contributed by atoms with Crippen LogP contribution in [0.2, 0.25) is 0 Å². The Morgan fingerprint density at radius 2 is 1.69 bits per heavy atom. The fourth-order valence-corrected chi connectivity index (χ4v) is 3.34. The molecular weight excluding hydrogens is 373 g/mol. The Bertz CT molecular complexity index is 1300. The Morgan fingerprint density at radius 3 is 2.41 bits per heavy atom. The van der Waals surface area contributed by atoms with Crippen LogP contribution < -0.4 is 16.6 Å². The van der Waals surface area contributed by atoms with Crippen LogP contribution >= 0.6 is 0 Å². The van der Waals surface area contributed by atoms with Crippen molar-refractivity contribution in [1.82, 2.24) is 18.7 Å². The Labute approximate surface area is 165 Å². The topological polar surface area (TPSA) is 73.8 Å². The molecule has 4 aromatic rings. The summed E-state index contributed by atoms with van der Waals surface area (Å²) in [5.41, 5.74) is 1.24. The SMILES string of the molecule is Cn1c(NCc2ccccc2)nc2c1c(=O)n(Cc1cccc(F)c1)c(=O)n2C. The highest BCUT2D eigenvalue weighted by molar-refractivity contribution is 5.74. The highest BCUT2D eigenvalue weighted by Crippen LogP contribution is 2.15. The van der Waals surface area contributed by atoms with Gasteiger partial charge in [0.25, 0.3) is 5.56 Å². The lowest BCUT2D eigenvalue weighted by molar-refractivity contribution is 0.616. The first kappa shape index (κ1) is 18.7. The zero-order chi connectivity index (χ0) is 20.5. The molecule has 29 heavy (non-hydrogen) atoms. The zero-order valence-electron chi connectivity index (χ0n) is 16.1. The summed E-state index contributed by atoms with van der Waals surface area (Å²) >= 11 is 0. The van der Waals surface area contributed by atoms with E-state index in [1.807, 2.05) is 30.3 Å². The number of rotatable bonds is 5. The molecule has 0 saturated heterocycles. The average Bonchev–Trinajstić information content (AvgIpc) is 3.05. The predicted octanol–water partition coefficient (Wildman–Crippen LogP) is 2.23. The molecule has 0 spiro atoms. The number of nitrogens with zero attached hydrogens (tertiary/aromatic N) is 4. The van der Waals surface area contributed by atoms with Gasteiger partial charge in [0.1, 0.15) is 5.82 Å². The van der Waals surface area contributed by atoms with Gasteiger partial charge in [-0.2, -0.15) is 4.98 Å². The van der Waals surface area contributed by atoms with E-state index in [0.717, 1.165) is 10.1 Å². The summed E-state index contributed by atoms with van der Waals surface area (Å²) in [6.45, 7) is 0.514. The van der Waals surface area contributed by atoms with Crippen molar-refractivity contribution in [2.24, 2.45) is 14.1 Å². The first-order chi connectivity index (χ1) is 14.0. The van der Waals surface area contributed by atoms with E-state index in [-0.39, 0.29) is 6.54 Å². The second kappa shape index (κ2) is 7.38. The van der Waals surface area contributed by atoms with Crippen molar-refractivity contribution in [2.75, 3.05) is 5.32 Å². The van der Waals surface area contributed by atoms with E-state index >= 15 is 0 Å². The average molecular weight is 393 g/mol. The van der Waals surface area contributed by atoms with Crippen molar-refractivity contribution in [2.45, 2.75) is 13.1 Å². The van der Waals surface area contributed by atoms with Gasteiger partial charge in [0.2, 0.25) is 5.95 Å². The van der Waals surface area contributed by atoms with Crippen molar-refractivity contribution in [1.29, 1.82) is 0 Å². The Hall–Kier alpha value is -3.68. The first-order valence-electron chi connectivity index (χ1n) is 9.14. The molecule has 0 saturated carbocycles. The summed E-state index contributed by atoms with van der Waals surface area (Å²) in [4.78, 5) is 30.3. The zero-order valence-corrected chi connectivity index (χ0v) is 16.1. The van der Waals surface area contributed by atoms with Crippen LogP contribution in [0.1, 0.15) is 11.1 Å². The molecule has 0 fully saturated rings. The predicted molar refractivity (Wildman–Crippen MR) is 109 cm³/mol. The molecule has 148 valence electrons. The number of fused-ring (bicyclic) bond motifs is 1. The van der Waals surface area contributed by atoms with Gasteiger partial charge in [0.05, 0.1) is 6.54 Å². The smallest absolute Gasteiger partial charge is 0.332 e. The van der Waals surface area contributed by atoms with Crippen LogP contribution in [-0.4, -0.2) is 18.7 Å². The van der Waals surface area contributed by atoms with Crippen LogP contribution in [0.5, 0.6) is 0 Å². The van der Waals surface area contributed by atoms with E-state index in [0.29, 0.717) is 29.2 Å². The van der Waals surface area contributed by atoms with Gasteiger partial charge in [0, 0.05) is 20.6 Å². The van der Waals surface area contributed by atoms with E-state index in [1.54, 1.807) is 30.8 Å². The molecule has 0 amide bonds. The number of hydrogen-bond acceptors (Lipinski definition) is 4. The van der Waals surface area contributed by atoms with Gasteiger partial charge in [-0.1, -0.05) is 42.5 Å². The molecule has 0 aliphatic carbocycles. The largest absolute Gasteiger partial charge is 0.352 e. The summed E-state index contributed by atoms with van der Waals surface area (Å²) in [5.74, 6) is 0.0702. The van der Waals surface area contributed by atoms with Crippen molar-refractivity contribution in [3.63, 3.8) is 0 Å². The number of aryl methyl sites for hydroxylation is 2. The van der Waals surface area contributed by atoms with Crippen LogP contribution in [0, 0.1) is 5.82 Å². The molecule has 0 radical (unpaired) electrons. The number of hydrogen-bond donors (Lipinski definition) is 1. The third kappa shape index (κ3) is 3.44. The van der Waals surface area contributed by atoms with Crippen LogP contribution in [0.3, 0.4) is 0 Å². The third-order valence-corrected chi connectivity index (χ3v) is 4.88. The summed E-state index contributed by atoms with van der Waals surface area (Å²) in [7, 11) is 3.29. The van der Waals surface area contributed by atoms with E-state index < -0.39 is 17.1 Å². The molecule has 1 N–H and O–H groups in total. The second-order valence-corrected chi connectivity index (χ2v) is 6.87. The minimum Gasteiger partial charge on any atom is -0.352 e. The van der Waals surface area contributed by atoms with Gasteiger partial charge >= 0.3 is 5.69 Å². The van der Waals surface area contributed by atoms with Crippen molar-refractivity contribution in [3.05, 3.63) is 92.4 Å². The van der Waals surface area contributed by atoms with Crippen LogP contribution in [0.4, 0.5) is 10.3 Å². The number of imidazole rings is 1. The standard InChI is InChI=1S/C21H20FN5O2/c1-25-17-18(24-20(25)23-12-14-7-4-3-5-8-14)26(2)21(29)27(19(17)28)13-15-9-6-10-16(22)11-15/h3-11H,12-13H2,1-2H3,(H,23,24). The lowest BCUT2D eigenvalue weighted by Crippen LogP contribution is -2.39. The van der Waals surface area contributed by atoms with Crippen LogP contribution in [0.15, 0.2) is 64.2 Å². The van der Waals surface area contributed by atoms with Gasteiger partial charge in [-0.3, -0.25) is 13.9 Å². The molecule has 0 aliphatic heterocycles. The quantitative estimate of drug-likeness (QED) is 0.564. The minimum atomic E-state index is -0.500. The molecule has 8 heteroatoms. The van der Waals surface area contributed by atoms with Gasteiger partial charge in [-0.05, 0) is 23.3 Å². The number of halogens is 1. The first-order valence-corrected chi connectivity index (χ1v) is 9.14. The maximum absolute atomic E-state index is 13.5. The van der Waals surface area contributed by atoms with E-state index in [4.69, 9.17) is 0 Å². The Kier molecular flexibility index (Phi) is 4.75. The van der Waals surface area contributed by atoms with E-state index in [9.17, 15) is 14.0 Å². The molecular formula is C21H20FN5O2. The molecule has 2 heterocycles. The molecule has 0 atom stereocenters. The summed E-state index contributed by atoms with van der Waals surface area (Å²) in [6.07, 6.45) is 0. The fourth-order valence-electron chi connectivity index (χ4n) is 3.34. The van der Waals surface area contributed by atoms with Gasteiger partial charge < -0.3 is 9.88 Å². The Balaban J connectivity index is 1.77. The minimum absolute atomic E-state index is 0.0167. The van der Waals surface area contributed by atoms with Gasteiger partial charge in [-0.15, -0.1) is 0 Å². The van der Waals surface area contributed by atoms with Crippen molar-refractivity contribution >= 4 is 17.1 Å². The number of anilines is 1. The molecule has 2 aromatic carbocycles. The lowest BCUT2D eigenvalue weighted by atomic mass is 10.2. The van der Waals surface area contributed by atoms with Crippen molar-refractivity contribution < 1.29 is 4.39 Å². The normalized spacial score (nSPS) is 11.1. The van der Waals surface area contributed by atoms with Crippen molar-refractivity contribution in [3.8, 4) is 0 Å². The van der Waals surface area contributed by atoms with Gasteiger partial charge in [0.15, 0.2) is 11.2 Å². The number of benzene rings is 2. The van der Waals surface area contributed by atoms with Gasteiger partial charge in [-0.25, -0.2) is 9.18 Å². The van der Waals surface area contributed by atoms with E-state index in [1.165, 1.54) is 16.7 Å². The fraction of sp³-hybridized carbons (Fsp3) is 0.190. The highest BCUT2D eigenvalue weighted by Gasteiger charge is 2.18. The van der Waals surface area contributed by atoms with E-state index in [2.05, 4.69) is 10.3 Å². The third-order valence-electron chi connectivity index (χ3n) is 4.88. The maximum Gasteiger partial charge on any atom is 0.332 e. The van der Waals surface area contributed by atoms with Crippen LogP contribution in [-0.2, 0) is 27.2 Å². The molecule has 7 nitrogen and oxygen atoms in total. The lowest BCUT2D eigenvalue weighted by Gasteiger charge is -2.09. The molecule has 0 unspecified atom stereocenters. The molecule has 0 bridgehead atoms. The number of aromatic nitrogens is 4. The number of nitrogens with one attached hydrogen (secondary N) is 1. The molecule has 0 aliphatic rings. The molecule has 4 rings (SSSR count). The summed E-state index contributed by atoms with van der Waals surface area (Å²) in [6, 6.07) is 15.7. The highest BCUT2D eigenvalue weighted by atomic mass is 19.1. The Morgan fingerprint density at radius 1 is 0.966 bits per heavy atom. The second-order valence-electron chi connectivity index (χ2n) is 6.87. The maximum atomic E-state index is 13.5. The summed E-state index contributed by atoms with van der Waals surface area (Å²) in [5, 5.41) is 3.21. The monoisotopic (exact) mass is 393 g/mol. The van der Waals surface area contributed by atoms with Crippen LogP contribution in [0.25, 0.3) is 11.2 Å². The molecule has 2 aromatic heterocycles.